The maximum absolute atomic E-state index is 13.2. The third-order valence-electron chi connectivity index (χ3n) is 10.2. The predicted octanol–water partition coefficient (Wildman–Crippen LogP) is 7.27. The van der Waals surface area contributed by atoms with E-state index < -0.39 is 51.4 Å². The molecule has 0 aromatic carbocycles. The fraction of sp³-hybridized carbons (Fsp3) is 0.683. The van der Waals surface area contributed by atoms with E-state index in [2.05, 4.69) is 22.0 Å². The molecule has 3 aromatic rings. The number of anilines is 1. The molecule has 0 aliphatic rings. The van der Waals surface area contributed by atoms with Gasteiger partial charge in [-0.25, -0.2) is 19.0 Å². The van der Waals surface area contributed by atoms with Crippen molar-refractivity contribution in [3.63, 3.8) is 0 Å². The molecule has 0 amide bonds. The Bertz CT molecular complexity index is 1740. The lowest BCUT2D eigenvalue weighted by atomic mass is 9.89. The highest BCUT2D eigenvalue weighted by Gasteiger charge is 2.46. The number of nitrogen functional groups attached to an aromatic ring is 1. The number of ether oxygens (including phenoxy) is 3. The van der Waals surface area contributed by atoms with Gasteiger partial charge in [0.25, 0.3) is 0 Å². The number of pyridine rings is 1. The lowest BCUT2D eigenvalue weighted by Crippen LogP contribution is -2.51. The molecule has 0 bridgehead atoms. The van der Waals surface area contributed by atoms with Crippen LogP contribution < -0.4 is 5.73 Å². The number of nitrogens with zero attached hydrogens (tertiary/aromatic N) is 6. The van der Waals surface area contributed by atoms with Crippen molar-refractivity contribution in [1.82, 2.24) is 19.6 Å². The lowest BCUT2D eigenvalue weighted by molar-refractivity contribution is -0.162. The summed E-state index contributed by atoms with van der Waals surface area (Å²) in [6, 6.07) is 11.8. The number of methoxy groups -OCH3 is 1. The molecule has 0 aliphatic heterocycles. The molecular formula is C41H64N7O9P. The minimum Gasteiger partial charge on any atom is -0.387 e. The van der Waals surface area contributed by atoms with Gasteiger partial charge in [0.05, 0.1) is 50.3 Å². The second-order valence-electron chi connectivity index (χ2n) is 14.7. The highest BCUT2D eigenvalue weighted by Crippen LogP contribution is 2.45. The largest absolute Gasteiger partial charge is 0.472 e. The normalized spacial score (nSPS) is 15.3. The van der Waals surface area contributed by atoms with Crippen LogP contribution in [0.1, 0.15) is 139 Å². The average Bonchev–Trinajstić information content (AvgIpc) is 3.67. The van der Waals surface area contributed by atoms with E-state index in [1.165, 1.54) is 107 Å². The second-order valence-corrected chi connectivity index (χ2v) is 16.1. The van der Waals surface area contributed by atoms with Crippen LogP contribution in [0.4, 0.5) is 5.82 Å². The van der Waals surface area contributed by atoms with Gasteiger partial charge in [0.2, 0.25) is 0 Å². The summed E-state index contributed by atoms with van der Waals surface area (Å²) >= 11 is 0. The number of phosphoric ester groups is 1. The summed E-state index contributed by atoms with van der Waals surface area (Å²) in [5, 5.41) is 45.4. The number of aliphatic hydroxyl groups is 2. The van der Waals surface area contributed by atoms with Crippen molar-refractivity contribution in [2.24, 2.45) is 0 Å². The van der Waals surface area contributed by atoms with Gasteiger partial charge in [-0.1, -0.05) is 109 Å². The topological polar surface area (TPSA) is 241 Å². The first-order valence-corrected chi connectivity index (χ1v) is 22.1. The molecule has 5 atom stereocenters. The van der Waals surface area contributed by atoms with Gasteiger partial charge < -0.3 is 35.1 Å². The molecule has 0 aliphatic carbocycles. The standard InChI is InChI=1S/C41H64N7O9P/c1-3-4-5-6-7-8-9-10-11-12-13-14-15-16-17-18-26-54-29-35(55-28-34-21-19-20-33(27-43)47-34)30-56-58(51,52)57-31-41(53-2,24-25-42)39(50)38(49)36-22-23-37-40(44)45-32-46-48(36)37/h19-23,32,35,38-39,49-50H,3-18,24,26,28-31H2,1-2H3,(H,51,52)(H2,44,45,46)/t35-,38+,39+,41-/m1/s1. The minimum atomic E-state index is -4.86. The third-order valence-corrected chi connectivity index (χ3v) is 11.1. The van der Waals surface area contributed by atoms with Gasteiger partial charge in [-0.3, -0.25) is 9.05 Å². The summed E-state index contributed by atoms with van der Waals surface area (Å²) in [6.45, 7) is 1.50. The number of hydrogen-bond donors (Lipinski definition) is 4. The molecule has 3 aromatic heterocycles. The van der Waals surface area contributed by atoms with Gasteiger partial charge in [-0.2, -0.15) is 15.6 Å². The van der Waals surface area contributed by atoms with Crippen LogP contribution >= 0.6 is 7.82 Å². The fourth-order valence-electron chi connectivity index (χ4n) is 6.62. The first-order chi connectivity index (χ1) is 28.1. The molecule has 5 N–H and O–H groups in total. The van der Waals surface area contributed by atoms with E-state index >= 15 is 0 Å². The van der Waals surface area contributed by atoms with Gasteiger partial charge in [-0.15, -0.1) is 0 Å². The van der Waals surface area contributed by atoms with Crippen LogP contribution in [-0.4, -0.2) is 86.0 Å². The Morgan fingerprint density at radius 1 is 0.897 bits per heavy atom. The van der Waals surface area contributed by atoms with Crippen molar-refractivity contribution in [2.75, 3.05) is 39.3 Å². The molecule has 322 valence electrons. The SMILES string of the molecule is CCCCCCCCCCCCCCCCCCOC[C@H](COP(=O)(O)OC[C@@](CC#N)(OC)[C@@H](O)[C@@H](O)c1ccc2c(N)ncnn12)OCc1cccc(C#N)n1. The van der Waals surface area contributed by atoms with Crippen LogP contribution in [0.25, 0.3) is 5.52 Å². The molecule has 58 heavy (non-hydrogen) atoms. The predicted molar refractivity (Wildman–Crippen MR) is 218 cm³/mol. The van der Waals surface area contributed by atoms with Crippen LogP contribution in [0, 0.1) is 22.7 Å². The Morgan fingerprint density at radius 3 is 2.14 bits per heavy atom. The molecule has 0 spiro atoms. The van der Waals surface area contributed by atoms with Gasteiger partial charge in [0.1, 0.15) is 47.5 Å². The zero-order chi connectivity index (χ0) is 42.1. The van der Waals surface area contributed by atoms with Gasteiger partial charge in [-0.05, 0) is 30.7 Å². The monoisotopic (exact) mass is 829 g/mol. The highest BCUT2D eigenvalue weighted by atomic mass is 31.2. The maximum atomic E-state index is 13.2. The third kappa shape index (κ3) is 17.0. The quantitative estimate of drug-likeness (QED) is 0.0349. The van der Waals surface area contributed by atoms with Gasteiger partial charge >= 0.3 is 7.82 Å². The number of nitrogens with two attached hydrogens (primary N) is 1. The molecule has 16 nitrogen and oxygen atoms in total. The summed E-state index contributed by atoms with van der Waals surface area (Å²) in [6.07, 6.45) is 16.5. The first-order valence-electron chi connectivity index (χ1n) is 20.6. The van der Waals surface area contributed by atoms with E-state index in [4.69, 9.17) is 29.0 Å². The van der Waals surface area contributed by atoms with E-state index in [9.17, 15) is 30.2 Å². The van der Waals surface area contributed by atoms with Crippen LogP contribution in [0.2, 0.25) is 0 Å². The van der Waals surface area contributed by atoms with Crippen molar-refractivity contribution in [1.29, 1.82) is 10.5 Å². The molecule has 1 unspecified atom stereocenters. The number of hydrogen-bond acceptors (Lipinski definition) is 14. The summed E-state index contributed by atoms with van der Waals surface area (Å²) in [5.41, 5.74) is 5.09. The number of unbranched alkanes of at least 4 members (excludes halogenated alkanes) is 15. The molecule has 0 saturated carbocycles. The lowest BCUT2D eigenvalue weighted by Gasteiger charge is -2.37. The average molecular weight is 830 g/mol. The number of rotatable bonds is 33. The van der Waals surface area contributed by atoms with Crippen LogP contribution in [-0.2, 0) is 34.4 Å². The van der Waals surface area contributed by atoms with E-state index in [1.54, 1.807) is 24.3 Å². The Balaban J connectivity index is 1.46. The Morgan fingerprint density at radius 2 is 1.53 bits per heavy atom. The first kappa shape index (κ1) is 48.8. The van der Waals surface area contributed by atoms with E-state index in [0.717, 1.165) is 19.3 Å². The van der Waals surface area contributed by atoms with Crippen LogP contribution in [0.3, 0.4) is 0 Å². The summed E-state index contributed by atoms with van der Waals surface area (Å²) < 4.78 is 42.3. The zero-order valence-corrected chi connectivity index (χ0v) is 35.1. The minimum absolute atomic E-state index is 0.0213. The van der Waals surface area contributed by atoms with E-state index in [-0.39, 0.29) is 30.4 Å². The van der Waals surface area contributed by atoms with E-state index in [0.29, 0.717) is 17.8 Å². The number of aromatic nitrogens is 4. The van der Waals surface area contributed by atoms with Crippen molar-refractivity contribution in [2.45, 2.75) is 147 Å². The number of fused-ring (bicyclic) bond motifs is 1. The summed E-state index contributed by atoms with van der Waals surface area (Å²) in [7, 11) is -3.69. The molecule has 3 rings (SSSR count). The van der Waals surface area contributed by atoms with Crippen LogP contribution in [0.15, 0.2) is 36.7 Å². The highest BCUT2D eigenvalue weighted by molar-refractivity contribution is 7.47. The van der Waals surface area contributed by atoms with Crippen molar-refractivity contribution in [3.05, 3.63) is 53.7 Å². The van der Waals surface area contributed by atoms with E-state index in [1.807, 2.05) is 12.1 Å². The van der Waals surface area contributed by atoms with Crippen molar-refractivity contribution < 1.29 is 42.9 Å². The molecular weight excluding hydrogens is 765 g/mol. The number of nitriles is 2. The molecule has 17 heteroatoms. The Labute approximate surface area is 343 Å². The Hall–Kier alpha value is -3.54. The summed E-state index contributed by atoms with van der Waals surface area (Å²) in [5.74, 6) is 0.138. The molecule has 0 radical (unpaired) electrons. The number of aliphatic hydroxyl groups excluding tert-OH is 2. The molecule has 0 saturated heterocycles. The molecule has 3 heterocycles. The summed E-state index contributed by atoms with van der Waals surface area (Å²) in [4.78, 5) is 18.8. The Kier molecular flexibility index (Phi) is 23.0. The number of phosphoric acid groups is 1. The molecule has 0 fully saturated rings. The smallest absolute Gasteiger partial charge is 0.387 e. The van der Waals surface area contributed by atoms with Crippen LogP contribution in [0.5, 0.6) is 0 Å². The van der Waals surface area contributed by atoms with Crippen molar-refractivity contribution in [3.8, 4) is 12.1 Å². The maximum Gasteiger partial charge on any atom is 0.472 e. The zero-order valence-electron chi connectivity index (χ0n) is 34.3. The van der Waals surface area contributed by atoms with Crippen molar-refractivity contribution >= 4 is 19.2 Å². The van der Waals surface area contributed by atoms with Gasteiger partial charge in [0.15, 0.2) is 5.82 Å². The van der Waals surface area contributed by atoms with Gasteiger partial charge in [0, 0.05) is 13.7 Å². The second kappa shape index (κ2) is 27.3. The fourth-order valence-corrected chi connectivity index (χ4v) is 7.43.